The molecule has 0 bridgehead atoms. The Bertz CT molecular complexity index is 848. The molecule has 1 N–H and O–H groups in total. The first-order valence-corrected chi connectivity index (χ1v) is 9.73. The van der Waals surface area contributed by atoms with E-state index < -0.39 is 12.1 Å². The van der Waals surface area contributed by atoms with Gasteiger partial charge in [0, 0.05) is 38.6 Å². The van der Waals surface area contributed by atoms with Crippen LogP contribution in [0, 0.1) is 11.2 Å². The molecule has 1 spiro atoms. The van der Waals surface area contributed by atoms with Gasteiger partial charge in [-0.3, -0.25) is 0 Å². The fraction of sp³-hybridized carbons (Fsp3) is 0.526. The van der Waals surface area contributed by atoms with Gasteiger partial charge < -0.3 is 14.9 Å². The molecule has 2 aliphatic heterocycles. The van der Waals surface area contributed by atoms with Crippen molar-refractivity contribution in [3.63, 3.8) is 0 Å². The Morgan fingerprint density at radius 1 is 0.871 bits per heavy atom. The number of halogens is 4. The van der Waals surface area contributed by atoms with Crippen LogP contribution in [-0.2, 0) is 4.79 Å². The molecular formula is C19H22F4N6O2. The minimum absolute atomic E-state index is 0.386. The standard InChI is InChI=1S/C17H21FN6.C2HF3O2/c18-14-12-21-16(22-13-14)24-10-4-17(5-11-24)2-8-23(9-3-17)15-19-6-1-7-20-15;3-2(4,5)1(6)7/h1,6-7,12-13H,2-5,8-11H2;(H,6,7). The Balaban J connectivity index is 0.000000339. The average molecular weight is 442 g/mol. The molecule has 0 atom stereocenters. The highest BCUT2D eigenvalue weighted by Gasteiger charge is 2.39. The Morgan fingerprint density at radius 3 is 1.65 bits per heavy atom. The van der Waals surface area contributed by atoms with Crippen molar-refractivity contribution in [3.05, 3.63) is 36.7 Å². The topological polar surface area (TPSA) is 95.3 Å². The number of hydrogen-bond acceptors (Lipinski definition) is 7. The molecule has 2 aromatic rings. The van der Waals surface area contributed by atoms with E-state index in [1.807, 2.05) is 6.07 Å². The lowest BCUT2D eigenvalue weighted by atomic mass is 9.71. The predicted molar refractivity (Wildman–Crippen MR) is 103 cm³/mol. The van der Waals surface area contributed by atoms with Crippen molar-refractivity contribution in [3.8, 4) is 0 Å². The van der Waals surface area contributed by atoms with Crippen molar-refractivity contribution in [1.29, 1.82) is 0 Å². The number of aromatic nitrogens is 4. The molecule has 2 aliphatic rings. The van der Waals surface area contributed by atoms with Crippen LogP contribution in [0.3, 0.4) is 0 Å². The van der Waals surface area contributed by atoms with E-state index >= 15 is 0 Å². The van der Waals surface area contributed by atoms with Gasteiger partial charge in [-0.25, -0.2) is 29.1 Å². The van der Waals surface area contributed by atoms with E-state index in [2.05, 4.69) is 29.7 Å². The molecule has 31 heavy (non-hydrogen) atoms. The van der Waals surface area contributed by atoms with Crippen LogP contribution >= 0.6 is 0 Å². The SMILES string of the molecule is Fc1cnc(N2CCC3(CCN(c4ncccn4)CC3)CC2)nc1.O=C(O)C(F)(F)F. The van der Waals surface area contributed by atoms with Crippen molar-refractivity contribution in [1.82, 2.24) is 19.9 Å². The summed E-state index contributed by atoms with van der Waals surface area (Å²) in [6.45, 7) is 3.90. The van der Waals surface area contributed by atoms with E-state index in [1.165, 1.54) is 25.2 Å². The van der Waals surface area contributed by atoms with E-state index in [9.17, 15) is 17.6 Å². The fourth-order valence-corrected chi connectivity index (χ4v) is 3.79. The molecule has 0 aliphatic carbocycles. The van der Waals surface area contributed by atoms with Gasteiger partial charge in [0.15, 0.2) is 5.82 Å². The normalized spacial score (nSPS) is 18.3. The average Bonchev–Trinajstić information content (AvgIpc) is 2.76. The fourth-order valence-electron chi connectivity index (χ4n) is 3.79. The number of nitrogens with zero attached hydrogens (tertiary/aromatic N) is 6. The summed E-state index contributed by atoms with van der Waals surface area (Å²) in [6.07, 6.45) is 5.61. The van der Waals surface area contributed by atoms with Crippen LogP contribution in [0.15, 0.2) is 30.9 Å². The summed E-state index contributed by atoms with van der Waals surface area (Å²) in [6, 6.07) is 1.85. The number of hydrogen-bond donors (Lipinski definition) is 1. The van der Waals surface area contributed by atoms with Crippen molar-refractivity contribution in [2.24, 2.45) is 5.41 Å². The molecule has 168 valence electrons. The highest BCUT2D eigenvalue weighted by atomic mass is 19.4. The third-order valence-electron chi connectivity index (χ3n) is 5.62. The summed E-state index contributed by atoms with van der Waals surface area (Å²) in [5, 5.41) is 7.12. The number of carboxylic acid groups (broad SMARTS) is 1. The quantitative estimate of drug-likeness (QED) is 0.710. The Morgan fingerprint density at radius 2 is 1.26 bits per heavy atom. The summed E-state index contributed by atoms with van der Waals surface area (Å²) >= 11 is 0. The van der Waals surface area contributed by atoms with Crippen LogP contribution in [-0.4, -0.2) is 63.4 Å². The summed E-state index contributed by atoms with van der Waals surface area (Å²) in [7, 11) is 0. The third-order valence-corrected chi connectivity index (χ3v) is 5.62. The summed E-state index contributed by atoms with van der Waals surface area (Å²) in [5.41, 5.74) is 0.405. The molecule has 0 unspecified atom stereocenters. The van der Waals surface area contributed by atoms with Gasteiger partial charge in [0.2, 0.25) is 11.9 Å². The number of rotatable bonds is 2. The van der Waals surface area contributed by atoms with Gasteiger partial charge in [-0.05, 0) is 37.2 Å². The second-order valence-corrected chi connectivity index (χ2v) is 7.53. The first kappa shape index (κ1) is 22.6. The number of piperidine rings is 2. The molecule has 2 fully saturated rings. The van der Waals surface area contributed by atoms with Gasteiger partial charge in [0.05, 0.1) is 12.4 Å². The Kier molecular flexibility index (Phi) is 6.86. The Hall–Kier alpha value is -3.05. The molecule has 4 rings (SSSR count). The van der Waals surface area contributed by atoms with Crippen LogP contribution < -0.4 is 9.80 Å². The molecular weight excluding hydrogens is 420 g/mol. The molecule has 2 saturated heterocycles. The van der Waals surface area contributed by atoms with Crippen LogP contribution in [0.5, 0.6) is 0 Å². The molecule has 4 heterocycles. The van der Waals surface area contributed by atoms with Crippen molar-refractivity contribution < 1.29 is 27.5 Å². The molecule has 0 radical (unpaired) electrons. The summed E-state index contributed by atoms with van der Waals surface area (Å²) < 4.78 is 44.7. The second kappa shape index (κ2) is 9.40. The number of aliphatic carboxylic acids is 1. The molecule has 0 saturated carbocycles. The smallest absolute Gasteiger partial charge is 0.475 e. The molecule has 0 amide bonds. The largest absolute Gasteiger partial charge is 0.490 e. The maximum absolute atomic E-state index is 13.0. The lowest BCUT2D eigenvalue weighted by Crippen LogP contribution is -2.47. The maximum Gasteiger partial charge on any atom is 0.490 e. The third kappa shape index (κ3) is 5.98. The van der Waals surface area contributed by atoms with E-state index in [0.717, 1.165) is 45.0 Å². The highest BCUT2D eigenvalue weighted by Crippen LogP contribution is 2.42. The second-order valence-electron chi connectivity index (χ2n) is 7.53. The van der Waals surface area contributed by atoms with Crippen molar-refractivity contribution in [2.75, 3.05) is 36.0 Å². The minimum atomic E-state index is -5.08. The first-order valence-electron chi connectivity index (χ1n) is 9.73. The van der Waals surface area contributed by atoms with E-state index in [0.29, 0.717) is 11.4 Å². The number of anilines is 2. The highest BCUT2D eigenvalue weighted by molar-refractivity contribution is 5.73. The number of carboxylic acids is 1. The van der Waals surface area contributed by atoms with E-state index in [1.54, 1.807) is 12.4 Å². The van der Waals surface area contributed by atoms with Gasteiger partial charge >= 0.3 is 12.1 Å². The van der Waals surface area contributed by atoms with Crippen LogP contribution in [0.2, 0.25) is 0 Å². The summed E-state index contributed by atoms with van der Waals surface area (Å²) in [4.78, 5) is 30.3. The van der Waals surface area contributed by atoms with Gasteiger partial charge in [-0.2, -0.15) is 13.2 Å². The molecule has 2 aromatic heterocycles. The zero-order valence-electron chi connectivity index (χ0n) is 16.6. The van der Waals surface area contributed by atoms with Gasteiger partial charge in [-0.15, -0.1) is 0 Å². The number of carbonyl (C=O) groups is 1. The van der Waals surface area contributed by atoms with Gasteiger partial charge in [0.1, 0.15) is 0 Å². The monoisotopic (exact) mass is 442 g/mol. The van der Waals surface area contributed by atoms with Crippen LogP contribution in [0.25, 0.3) is 0 Å². The predicted octanol–water partition coefficient (Wildman–Crippen LogP) is 2.93. The molecule has 0 aromatic carbocycles. The molecule has 8 nitrogen and oxygen atoms in total. The Labute approximate surface area is 176 Å². The lowest BCUT2D eigenvalue weighted by molar-refractivity contribution is -0.192. The van der Waals surface area contributed by atoms with E-state index in [4.69, 9.17) is 9.90 Å². The van der Waals surface area contributed by atoms with Crippen LogP contribution in [0.4, 0.5) is 29.5 Å². The van der Waals surface area contributed by atoms with Crippen LogP contribution in [0.1, 0.15) is 25.7 Å². The minimum Gasteiger partial charge on any atom is -0.475 e. The van der Waals surface area contributed by atoms with E-state index in [-0.39, 0.29) is 5.82 Å². The molecule has 12 heteroatoms. The lowest BCUT2D eigenvalue weighted by Gasteiger charge is -2.46. The first-order chi connectivity index (χ1) is 14.7. The van der Waals surface area contributed by atoms with Gasteiger partial charge in [0.25, 0.3) is 0 Å². The zero-order chi connectivity index (χ0) is 22.5. The maximum atomic E-state index is 13.0. The van der Waals surface area contributed by atoms with Gasteiger partial charge in [-0.1, -0.05) is 0 Å². The van der Waals surface area contributed by atoms with Crippen molar-refractivity contribution in [2.45, 2.75) is 31.9 Å². The van der Waals surface area contributed by atoms with Crippen molar-refractivity contribution >= 4 is 17.9 Å². The number of alkyl halides is 3. The zero-order valence-corrected chi connectivity index (χ0v) is 16.6. The summed E-state index contributed by atoms with van der Waals surface area (Å²) in [5.74, 6) is -1.67.